The third-order valence-corrected chi connectivity index (χ3v) is 10.6. The Bertz CT molecular complexity index is 1910. The summed E-state index contributed by atoms with van der Waals surface area (Å²) in [6, 6.07) is 23.9. The highest BCUT2D eigenvalue weighted by Gasteiger charge is 2.36. The van der Waals surface area contributed by atoms with Crippen molar-refractivity contribution in [3.63, 3.8) is 0 Å². The number of rotatable bonds is 17. The van der Waals surface area contributed by atoms with Crippen LogP contribution < -0.4 is 28.6 Å². The van der Waals surface area contributed by atoms with E-state index >= 15 is 0 Å². The number of methoxy groups -OCH3 is 4. The van der Waals surface area contributed by atoms with E-state index in [1.807, 2.05) is 44.2 Å². The second-order valence-electron chi connectivity index (χ2n) is 11.7. The van der Waals surface area contributed by atoms with Crippen molar-refractivity contribution in [3.8, 4) is 23.0 Å². The summed E-state index contributed by atoms with van der Waals surface area (Å²) in [7, 11) is 1.15. The predicted molar refractivity (Wildman–Crippen MR) is 197 cm³/mol. The van der Waals surface area contributed by atoms with Gasteiger partial charge >= 0.3 is 0 Å². The van der Waals surface area contributed by atoms with Crippen molar-refractivity contribution in [2.24, 2.45) is 0 Å². The number of carbonyl (C=O) groups is 2. The van der Waals surface area contributed by atoms with Crippen LogP contribution in [0.5, 0.6) is 23.0 Å². The van der Waals surface area contributed by atoms with Gasteiger partial charge in [-0.25, -0.2) is 8.42 Å². The number of amides is 2. The van der Waals surface area contributed by atoms with E-state index in [0.717, 1.165) is 9.87 Å². The van der Waals surface area contributed by atoms with Crippen LogP contribution in [0.2, 0.25) is 5.02 Å². The number of nitrogens with zero attached hydrogens (tertiary/aromatic N) is 2. The summed E-state index contributed by atoms with van der Waals surface area (Å²) in [5.74, 6) is -0.0624. The second kappa shape index (κ2) is 17.8. The maximum absolute atomic E-state index is 14.9. The van der Waals surface area contributed by atoms with Gasteiger partial charge in [-0.3, -0.25) is 13.9 Å². The molecule has 0 heterocycles. The van der Waals surface area contributed by atoms with Gasteiger partial charge in [0.2, 0.25) is 11.8 Å². The Morgan fingerprint density at radius 2 is 1.45 bits per heavy atom. The molecule has 272 valence electrons. The number of anilines is 1. The minimum Gasteiger partial charge on any atom is -0.497 e. The highest BCUT2D eigenvalue weighted by Crippen LogP contribution is 2.38. The Balaban J connectivity index is 1.91. The van der Waals surface area contributed by atoms with E-state index in [4.69, 9.17) is 30.5 Å². The molecule has 4 aromatic carbocycles. The second-order valence-corrected chi connectivity index (χ2v) is 14.0. The fourth-order valence-electron chi connectivity index (χ4n) is 5.41. The average molecular weight is 738 g/mol. The molecule has 2 amide bonds. The first-order valence-electron chi connectivity index (χ1n) is 16.3. The van der Waals surface area contributed by atoms with Gasteiger partial charge in [-0.1, -0.05) is 67.1 Å². The molecule has 0 aliphatic rings. The lowest BCUT2D eigenvalue weighted by Crippen LogP contribution is -2.54. The predicted octanol–water partition coefficient (Wildman–Crippen LogP) is 6.12. The number of hydrogen-bond donors (Lipinski definition) is 1. The molecule has 1 N–H and O–H groups in total. The molecule has 0 aromatic heterocycles. The largest absolute Gasteiger partial charge is 0.497 e. The van der Waals surface area contributed by atoms with E-state index in [1.54, 1.807) is 36.4 Å². The fourth-order valence-corrected chi connectivity index (χ4v) is 7.04. The summed E-state index contributed by atoms with van der Waals surface area (Å²) in [4.78, 5) is 30.2. The van der Waals surface area contributed by atoms with E-state index in [-0.39, 0.29) is 47.0 Å². The maximum atomic E-state index is 14.9. The van der Waals surface area contributed by atoms with Crippen LogP contribution in [0.1, 0.15) is 31.4 Å². The Kier molecular flexibility index (Phi) is 13.6. The molecule has 0 spiro atoms. The minimum atomic E-state index is -4.52. The van der Waals surface area contributed by atoms with Gasteiger partial charge in [-0.05, 0) is 54.8 Å². The number of nitrogens with one attached hydrogen (secondary N) is 1. The lowest BCUT2D eigenvalue weighted by atomic mass is 10.0. The average Bonchev–Trinajstić information content (AvgIpc) is 3.15. The molecule has 0 saturated carbocycles. The summed E-state index contributed by atoms with van der Waals surface area (Å²) >= 11 is 6.61. The number of carbonyl (C=O) groups excluding carboxylic acids is 2. The zero-order valence-corrected chi connectivity index (χ0v) is 31.2. The van der Waals surface area contributed by atoms with Gasteiger partial charge in [0.1, 0.15) is 24.1 Å². The van der Waals surface area contributed by atoms with E-state index in [2.05, 4.69) is 5.32 Å². The van der Waals surface area contributed by atoms with Crippen LogP contribution in [-0.4, -0.2) is 72.2 Å². The monoisotopic (exact) mass is 737 g/mol. The molecule has 0 aliphatic heterocycles. The van der Waals surface area contributed by atoms with Gasteiger partial charge in [-0.15, -0.1) is 0 Å². The molecule has 2 atom stereocenters. The van der Waals surface area contributed by atoms with Gasteiger partial charge < -0.3 is 29.2 Å². The molecule has 0 fully saturated rings. The number of hydrogen-bond acceptors (Lipinski definition) is 8. The van der Waals surface area contributed by atoms with Crippen molar-refractivity contribution in [1.29, 1.82) is 0 Å². The molecule has 0 bridgehead atoms. The summed E-state index contributed by atoms with van der Waals surface area (Å²) in [6.45, 7) is 3.03. The first-order chi connectivity index (χ1) is 24.5. The highest BCUT2D eigenvalue weighted by atomic mass is 35.5. The summed E-state index contributed by atoms with van der Waals surface area (Å²) in [5, 5.41) is 3.41. The SMILES string of the molecule is CC[C@H](C)NC(=O)[C@H](Cc1ccccc1)N(Cc1ccccc1Cl)C(=O)CN(c1cc(OC)ccc1OC)S(=O)(=O)c1ccc(OC)c(OC)c1. The lowest BCUT2D eigenvalue weighted by Gasteiger charge is -2.34. The van der Waals surface area contributed by atoms with Gasteiger partial charge in [0.05, 0.1) is 39.0 Å². The van der Waals surface area contributed by atoms with Gasteiger partial charge in [-0.2, -0.15) is 0 Å². The molecule has 4 rings (SSSR count). The highest BCUT2D eigenvalue weighted by molar-refractivity contribution is 7.92. The van der Waals surface area contributed by atoms with Crippen LogP contribution in [0.4, 0.5) is 5.69 Å². The number of benzene rings is 4. The molecule has 13 heteroatoms. The molecule has 51 heavy (non-hydrogen) atoms. The zero-order valence-electron chi connectivity index (χ0n) is 29.6. The van der Waals surface area contributed by atoms with Crippen molar-refractivity contribution in [2.45, 2.75) is 50.2 Å². The van der Waals surface area contributed by atoms with E-state index in [0.29, 0.717) is 28.5 Å². The minimum absolute atomic E-state index is 0.0429. The Morgan fingerprint density at radius 3 is 2.08 bits per heavy atom. The molecule has 4 aromatic rings. The molecular formula is C38H44ClN3O8S. The molecule has 0 radical (unpaired) electrons. The first kappa shape index (κ1) is 38.9. The van der Waals surface area contributed by atoms with Crippen LogP contribution in [0.15, 0.2) is 95.9 Å². The Morgan fingerprint density at radius 1 is 0.804 bits per heavy atom. The van der Waals surface area contributed by atoms with Crippen LogP contribution in [-0.2, 0) is 32.6 Å². The third kappa shape index (κ3) is 9.44. The zero-order chi connectivity index (χ0) is 37.1. The van der Waals surface area contributed by atoms with Crippen molar-refractivity contribution in [2.75, 3.05) is 39.3 Å². The van der Waals surface area contributed by atoms with E-state index in [1.165, 1.54) is 57.6 Å². The Labute approximate surface area is 305 Å². The van der Waals surface area contributed by atoms with E-state index in [9.17, 15) is 18.0 Å². The van der Waals surface area contributed by atoms with Crippen LogP contribution >= 0.6 is 11.6 Å². The van der Waals surface area contributed by atoms with Crippen LogP contribution in [0.3, 0.4) is 0 Å². The first-order valence-corrected chi connectivity index (χ1v) is 18.1. The smallest absolute Gasteiger partial charge is 0.265 e. The number of sulfonamides is 1. The Hall–Kier alpha value is -4.94. The summed E-state index contributed by atoms with van der Waals surface area (Å²) in [6.07, 6.45) is 0.819. The quantitative estimate of drug-likeness (QED) is 0.138. The van der Waals surface area contributed by atoms with Crippen LogP contribution in [0, 0.1) is 0 Å². The summed E-state index contributed by atoms with van der Waals surface area (Å²) < 4.78 is 52.1. The molecule has 0 saturated heterocycles. The van der Waals surface area contributed by atoms with Crippen molar-refractivity contribution in [1.82, 2.24) is 10.2 Å². The van der Waals surface area contributed by atoms with Gasteiger partial charge in [0, 0.05) is 36.2 Å². The fraction of sp³-hybridized carbons (Fsp3) is 0.316. The van der Waals surface area contributed by atoms with Crippen molar-refractivity contribution < 1.29 is 37.0 Å². The third-order valence-electron chi connectivity index (χ3n) is 8.45. The molecule has 0 aliphatic carbocycles. The molecule has 0 unspecified atom stereocenters. The van der Waals surface area contributed by atoms with Gasteiger partial charge in [0.25, 0.3) is 10.0 Å². The van der Waals surface area contributed by atoms with Crippen molar-refractivity contribution in [3.05, 3.63) is 107 Å². The topological polar surface area (TPSA) is 124 Å². The normalized spacial score (nSPS) is 12.3. The molecule has 11 nitrogen and oxygen atoms in total. The summed E-state index contributed by atoms with van der Waals surface area (Å²) in [5.41, 5.74) is 1.43. The van der Waals surface area contributed by atoms with Crippen LogP contribution in [0.25, 0.3) is 0 Å². The van der Waals surface area contributed by atoms with Gasteiger partial charge in [0.15, 0.2) is 11.5 Å². The van der Waals surface area contributed by atoms with E-state index < -0.39 is 28.5 Å². The molecular weight excluding hydrogens is 694 g/mol. The standard InChI is InChI=1S/C38H44ClN3O8S/c1-7-26(2)40-38(44)33(21-27-13-9-8-10-14-27)41(24-28-15-11-12-16-31(28)39)37(43)25-42(32-22-29(47-3)17-19-34(32)48-4)51(45,46)30-18-20-35(49-5)36(23-30)50-6/h8-20,22-23,26,33H,7,21,24-25H2,1-6H3,(H,40,44)/t26-,33-/m0/s1. The van der Waals surface area contributed by atoms with Crippen molar-refractivity contribution >= 4 is 39.1 Å². The number of ether oxygens (including phenoxy) is 4. The maximum Gasteiger partial charge on any atom is 0.265 e. The number of halogens is 1. The lowest BCUT2D eigenvalue weighted by molar-refractivity contribution is -0.140.